The highest BCUT2D eigenvalue weighted by atomic mass is 79.9. The Morgan fingerprint density at radius 3 is 1.05 bits per heavy atom. The first kappa shape index (κ1) is 48.3. The molecule has 14 heteroatoms. The highest BCUT2D eigenvalue weighted by Crippen LogP contribution is 2.63. The number of rotatable bonds is 26. The van der Waals surface area contributed by atoms with E-state index in [2.05, 4.69) is 140 Å². The van der Waals surface area contributed by atoms with E-state index in [0.29, 0.717) is 36.0 Å². The van der Waals surface area contributed by atoms with Gasteiger partial charge in [-0.05, 0) is 109 Å². The summed E-state index contributed by atoms with van der Waals surface area (Å²) < 4.78 is 16.1. The molecular formula is C48H64Br4N4S6. The number of thiophene rings is 4. The average molecular weight is 1210 g/mol. The number of alkyl halides is 4. The van der Waals surface area contributed by atoms with Crippen LogP contribution in [0.5, 0.6) is 0 Å². The van der Waals surface area contributed by atoms with Crippen molar-refractivity contribution in [1.82, 2.24) is 18.9 Å². The van der Waals surface area contributed by atoms with Gasteiger partial charge in [0, 0.05) is 122 Å². The van der Waals surface area contributed by atoms with Gasteiger partial charge >= 0.3 is 0 Å². The van der Waals surface area contributed by atoms with Gasteiger partial charge in [-0.15, -0.1) is 45.3 Å². The molecule has 1 saturated carbocycles. The van der Waals surface area contributed by atoms with Crippen LogP contribution in [0.15, 0.2) is 35.0 Å². The second kappa shape index (κ2) is 22.8. The summed E-state index contributed by atoms with van der Waals surface area (Å²) in [4.78, 5) is 9.52. The molecule has 0 spiro atoms. The third kappa shape index (κ3) is 9.47. The molecular weight excluding hydrogens is 1140 g/mol. The zero-order chi connectivity index (χ0) is 42.5. The van der Waals surface area contributed by atoms with E-state index in [1.54, 1.807) is 75.8 Å². The maximum absolute atomic E-state index is 4.02. The number of hydrogen-bond donors (Lipinski definition) is 4. The quantitative estimate of drug-likeness (QED) is 0.0286. The molecule has 2 aliphatic heterocycles. The van der Waals surface area contributed by atoms with Crippen LogP contribution >= 0.6 is 133 Å². The van der Waals surface area contributed by atoms with Gasteiger partial charge in [0.05, 0.1) is 0 Å². The van der Waals surface area contributed by atoms with Gasteiger partial charge in [0.1, 0.15) is 0 Å². The summed E-state index contributed by atoms with van der Waals surface area (Å²) in [6, 6.07) is 11.9. The van der Waals surface area contributed by atoms with Gasteiger partial charge in [0.25, 0.3) is 0 Å². The van der Waals surface area contributed by atoms with Gasteiger partial charge < -0.3 is 0 Å². The van der Waals surface area contributed by atoms with Crippen molar-refractivity contribution in [3.8, 4) is 19.5 Å². The van der Waals surface area contributed by atoms with Gasteiger partial charge in [-0.2, -0.15) is 0 Å². The fraction of sp³-hybridized carbons (Fsp3) is 0.667. The summed E-state index contributed by atoms with van der Waals surface area (Å²) >= 11 is 26.6. The lowest BCUT2D eigenvalue weighted by Gasteiger charge is -2.45. The van der Waals surface area contributed by atoms with Crippen LogP contribution in [0.2, 0.25) is 0 Å². The second-order valence-corrected chi connectivity index (χ2v) is 27.0. The lowest BCUT2D eigenvalue weighted by molar-refractivity contribution is 0.227. The van der Waals surface area contributed by atoms with Crippen molar-refractivity contribution in [2.45, 2.75) is 175 Å². The molecule has 4 N–H and O–H groups in total. The van der Waals surface area contributed by atoms with E-state index in [-0.39, 0.29) is 10.8 Å². The highest BCUT2D eigenvalue weighted by Gasteiger charge is 2.58. The molecule has 4 unspecified atom stereocenters. The molecule has 3 fully saturated rings. The number of halogens is 4. The van der Waals surface area contributed by atoms with Crippen LogP contribution in [0, 0.1) is 0 Å². The van der Waals surface area contributed by atoms with Gasteiger partial charge in [-0.3, -0.25) is 0 Å². The molecule has 340 valence electrons. The number of unbranched alkanes of at least 4 members (excludes halogenated alkanes) is 12. The Hall–Kier alpha value is 1.26. The SMILES string of the molecule is BrCCCCCCC1(CCCCCCBr)c2ccsc2-c2sc(C3C4NSNC4C(c4cc5c(s4)-c4sccc4C5(CCCCCCBr)CCCCCCBr)C4NSNC43)cc21. The van der Waals surface area contributed by atoms with Crippen molar-refractivity contribution >= 4 is 133 Å². The standard InChI is InChI=1S/C48H64Br4N4S6/c49-23-13-5-1-9-19-47(20-10-2-6-14-24-50)31-17-27-57-43(31)45-33(47)29-35(59-45)37-39-41(55-61-53-39)38(42-40(37)54-62-56-42)36-30-34-46(60-36)44-32(18-28-58-44)48(34,21-11-3-7-15-25-51)22-12-4-8-16-26-52/h17-18,27-30,37-42,53-56H,1-16,19-26H2. The van der Waals surface area contributed by atoms with Crippen molar-refractivity contribution in [3.05, 3.63) is 67.0 Å². The minimum absolute atomic E-state index is 0.150. The van der Waals surface area contributed by atoms with Gasteiger partial charge in [0.15, 0.2) is 0 Å². The molecule has 9 rings (SSSR count). The van der Waals surface area contributed by atoms with E-state index < -0.39 is 0 Å². The summed E-state index contributed by atoms with van der Waals surface area (Å²) in [5.41, 5.74) is 6.94. The largest absolute Gasteiger partial charge is 0.245 e. The van der Waals surface area contributed by atoms with Gasteiger partial charge in [-0.1, -0.05) is 141 Å². The molecule has 0 bridgehead atoms. The molecule has 4 nitrogen and oxygen atoms in total. The van der Waals surface area contributed by atoms with Crippen molar-refractivity contribution in [3.63, 3.8) is 0 Å². The Bertz CT molecular complexity index is 1850. The van der Waals surface area contributed by atoms with Crippen molar-refractivity contribution in [2.24, 2.45) is 0 Å². The van der Waals surface area contributed by atoms with Crippen molar-refractivity contribution < 1.29 is 0 Å². The average Bonchev–Trinajstić information content (AvgIpc) is 4.14. The molecule has 5 aliphatic rings. The third-order valence-electron chi connectivity index (χ3n) is 15.0. The summed E-state index contributed by atoms with van der Waals surface area (Å²) in [7, 11) is 0. The molecule has 0 aromatic carbocycles. The van der Waals surface area contributed by atoms with E-state index in [0.717, 1.165) is 21.3 Å². The van der Waals surface area contributed by atoms with Crippen LogP contribution in [0.1, 0.15) is 172 Å². The van der Waals surface area contributed by atoms with E-state index in [4.69, 9.17) is 0 Å². The Morgan fingerprint density at radius 2 is 0.726 bits per heavy atom. The van der Waals surface area contributed by atoms with Crippen molar-refractivity contribution in [1.29, 1.82) is 0 Å². The lowest BCUT2D eigenvalue weighted by Crippen LogP contribution is -2.61. The molecule has 62 heavy (non-hydrogen) atoms. The molecule has 6 heterocycles. The Labute approximate surface area is 430 Å². The van der Waals surface area contributed by atoms with Crippen LogP contribution in [0.4, 0.5) is 0 Å². The second-order valence-electron chi connectivity index (χ2n) is 18.5. The number of hydrogen-bond acceptors (Lipinski definition) is 10. The Morgan fingerprint density at radius 1 is 0.403 bits per heavy atom. The Kier molecular flexibility index (Phi) is 17.7. The molecule has 4 atom stereocenters. The monoisotopic (exact) mass is 1200 g/mol. The van der Waals surface area contributed by atoms with Crippen LogP contribution in [0.3, 0.4) is 0 Å². The first-order valence-corrected chi connectivity index (χ1v) is 33.1. The number of nitrogens with one attached hydrogen (secondary N) is 4. The molecule has 2 saturated heterocycles. The zero-order valence-electron chi connectivity index (χ0n) is 35.9. The Balaban J connectivity index is 1.03. The molecule has 0 radical (unpaired) electrons. The first-order valence-electron chi connectivity index (χ1n) is 23.6. The normalized spacial score (nSPS) is 24.9. The minimum atomic E-state index is 0.150. The predicted molar refractivity (Wildman–Crippen MR) is 293 cm³/mol. The van der Waals surface area contributed by atoms with Gasteiger partial charge in [0.2, 0.25) is 0 Å². The number of fused-ring (bicyclic) bond motifs is 8. The summed E-state index contributed by atoms with van der Waals surface area (Å²) in [6.07, 6.45) is 26.1. The topological polar surface area (TPSA) is 48.1 Å². The lowest BCUT2D eigenvalue weighted by atomic mass is 9.67. The first-order chi connectivity index (χ1) is 30.6. The van der Waals surface area contributed by atoms with E-state index in [1.165, 1.54) is 128 Å². The van der Waals surface area contributed by atoms with Gasteiger partial charge in [-0.25, -0.2) is 18.9 Å². The van der Waals surface area contributed by atoms with Crippen LogP contribution in [-0.2, 0) is 10.8 Å². The summed E-state index contributed by atoms with van der Waals surface area (Å²) in [5, 5.41) is 9.27. The van der Waals surface area contributed by atoms with E-state index in [9.17, 15) is 0 Å². The zero-order valence-corrected chi connectivity index (χ0v) is 47.1. The smallest absolute Gasteiger partial charge is 0.0489 e. The van der Waals surface area contributed by atoms with Crippen molar-refractivity contribution in [2.75, 3.05) is 21.3 Å². The summed E-state index contributed by atoms with van der Waals surface area (Å²) in [6.45, 7) is 0. The maximum Gasteiger partial charge on any atom is 0.0489 e. The molecule has 3 aliphatic carbocycles. The summed E-state index contributed by atoms with van der Waals surface area (Å²) in [5.74, 6) is 0.768. The van der Waals surface area contributed by atoms with E-state index in [1.807, 2.05) is 22.7 Å². The van der Waals surface area contributed by atoms with Crippen LogP contribution in [0.25, 0.3) is 19.5 Å². The van der Waals surface area contributed by atoms with Crippen LogP contribution < -0.4 is 18.9 Å². The van der Waals surface area contributed by atoms with Crippen LogP contribution in [-0.4, -0.2) is 45.5 Å². The fourth-order valence-corrected chi connectivity index (χ4v) is 20.7. The molecule has 4 aromatic rings. The van der Waals surface area contributed by atoms with E-state index >= 15 is 0 Å². The minimum Gasteiger partial charge on any atom is -0.245 e. The molecule has 4 aromatic heterocycles. The fourth-order valence-electron chi connectivity index (χ4n) is 12.0. The highest BCUT2D eigenvalue weighted by molar-refractivity contribution is 9.09. The molecule has 0 amide bonds. The maximum atomic E-state index is 4.02. The predicted octanol–water partition coefficient (Wildman–Crippen LogP) is 16.7. The third-order valence-corrected chi connectivity index (χ3v) is 23.4.